The first kappa shape index (κ1) is 9.47. The molecule has 0 spiro atoms. The zero-order chi connectivity index (χ0) is 9.31. The van der Waals surface area contributed by atoms with Crippen molar-refractivity contribution >= 4 is 0 Å². The molecule has 1 N–H and O–H groups in total. The van der Waals surface area contributed by atoms with Crippen LogP contribution in [0.2, 0.25) is 0 Å². The van der Waals surface area contributed by atoms with Gasteiger partial charge in [0.25, 0.3) is 0 Å². The Morgan fingerprint density at radius 1 is 1.23 bits per heavy atom. The highest BCUT2D eigenvalue weighted by Crippen LogP contribution is 2.44. The number of aliphatic hydroxyl groups is 1. The van der Waals surface area contributed by atoms with Crippen molar-refractivity contribution in [3.8, 4) is 0 Å². The van der Waals surface area contributed by atoms with Gasteiger partial charge in [0.1, 0.15) is 0 Å². The highest BCUT2D eigenvalue weighted by molar-refractivity contribution is 4.95. The molecule has 0 radical (unpaired) electrons. The monoisotopic (exact) mass is 184 g/mol. The topological polar surface area (TPSA) is 29.5 Å². The molecule has 0 amide bonds. The third kappa shape index (κ3) is 1.75. The zero-order valence-electron chi connectivity index (χ0n) is 8.46. The second kappa shape index (κ2) is 3.58. The Labute approximate surface area is 80.3 Å². The normalized spacial score (nSPS) is 41.5. The van der Waals surface area contributed by atoms with Crippen molar-refractivity contribution in [2.45, 2.75) is 56.7 Å². The molecule has 2 heteroatoms. The molecule has 0 aromatic carbocycles. The van der Waals surface area contributed by atoms with Crippen molar-refractivity contribution in [2.75, 3.05) is 7.11 Å². The van der Waals surface area contributed by atoms with Gasteiger partial charge in [-0.15, -0.1) is 0 Å². The molecule has 76 valence electrons. The van der Waals surface area contributed by atoms with Gasteiger partial charge in [0.15, 0.2) is 0 Å². The molecule has 2 aliphatic carbocycles. The van der Waals surface area contributed by atoms with Crippen LogP contribution >= 0.6 is 0 Å². The SMILES string of the molecule is COC1CCCC(O)(C2CCC2)C1. The maximum absolute atomic E-state index is 10.4. The minimum atomic E-state index is -0.378. The molecule has 0 bridgehead atoms. The van der Waals surface area contributed by atoms with E-state index in [0.717, 1.165) is 25.7 Å². The summed E-state index contributed by atoms with van der Waals surface area (Å²) < 4.78 is 5.35. The van der Waals surface area contributed by atoms with E-state index in [1.165, 1.54) is 19.3 Å². The number of hydrogen-bond donors (Lipinski definition) is 1. The van der Waals surface area contributed by atoms with E-state index in [-0.39, 0.29) is 5.60 Å². The first-order valence-corrected chi connectivity index (χ1v) is 5.50. The molecule has 0 aromatic heterocycles. The van der Waals surface area contributed by atoms with Crippen LogP contribution in [0.1, 0.15) is 44.9 Å². The molecule has 2 saturated carbocycles. The molecule has 2 nitrogen and oxygen atoms in total. The highest BCUT2D eigenvalue weighted by atomic mass is 16.5. The lowest BCUT2D eigenvalue weighted by Gasteiger charge is -2.45. The smallest absolute Gasteiger partial charge is 0.0700 e. The van der Waals surface area contributed by atoms with Crippen LogP contribution in [0.5, 0.6) is 0 Å². The molecule has 2 unspecified atom stereocenters. The van der Waals surface area contributed by atoms with Crippen LogP contribution < -0.4 is 0 Å². The molecular weight excluding hydrogens is 164 g/mol. The minimum Gasteiger partial charge on any atom is -0.390 e. The van der Waals surface area contributed by atoms with Crippen LogP contribution in [0.25, 0.3) is 0 Å². The van der Waals surface area contributed by atoms with Crippen LogP contribution in [-0.4, -0.2) is 23.9 Å². The van der Waals surface area contributed by atoms with E-state index in [1.54, 1.807) is 7.11 Å². The molecular formula is C11H20O2. The predicted molar refractivity (Wildman–Crippen MR) is 51.6 cm³/mol. The molecule has 0 heterocycles. The van der Waals surface area contributed by atoms with E-state index in [1.807, 2.05) is 0 Å². The molecule has 0 aromatic rings. The standard InChI is InChI=1S/C11H20O2/c1-13-10-6-3-7-11(12,8-10)9-4-2-5-9/h9-10,12H,2-8H2,1H3. The summed E-state index contributed by atoms with van der Waals surface area (Å²) in [5.74, 6) is 0.574. The van der Waals surface area contributed by atoms with Crippen molar-refractivity contribution in [1.82, 2.24) is 0 Å². The van der Waals surface area contributed by atoms with Crippen molar-refractivity contribution in [1.29, 1.82) is 0 Å². The molecule has 2 rings (SSSR count). The molecule has 0 aliphatic heterocycles. The Balaban J connectivity index is 1.95. The van der Waals surface area contributed by atoms with Gasteiger partial charge in [0, 0.05) is 13.5 Å². The number of rotatable bonds is 2. The first-order valence-electron chi connectivity index (χ1n) is 5.50. The van der Waals surface area contributed by atoms with E-state index < -0.39 is 0 Å². The summed E-state index contributed by atoms with van der Waals surface area (Å²) in [4.78, 5) is 0. The quantitative estimate of drug-likeness (QED) is 0.712. The zero-order valence-corrected chi connectivity index (χ0v) is 8.46. The Morgan fingerprint density at radius 3 is 2.54 bits per heavy atom. The minimum absolute atomic E-state index is 0.305. The molecule has 0 saturated heterocycles. The maximum atomic E-state index is 10.4. The van der Waals surface area contributed by atoms with Gasteiger partial charge in [-0.25, -0.2) is 0 Å². The Kier molecular flexibility index (Phi) is 2.61. The third-order valence-corrected chi connectivity index (χ3v) is 3.92. The lowest BCUT2D eigenvalue weighted by molar-refractivity contribution is -0.113. The van der Waals surface area contributed by atoms with Crippen LogP contribution in [0.3, 0.4) is 0 Å². The van der Waals surface area contributed by atoms with Gasteiger partial charge in [-0.1, -0.05) is 6.42 Å². The molecule has 2 aliphatic rings. The van der Waals surface area contributed by atoms with E-state index in [0.29, 0.717) is 12.0 Å². The lowest BCUT2D eigenvalue weighted by Crippen LogP contribution is -2.47. The largest absolute Gasteiger partial charge is 0.390 e. The number of methoxy groups -OCH3 is 1. The van der Waals surface area contributed by atoms with Gasteiger partial charge in [0.2, 0.25) is 0 Å². The van der Waals surface area contributed by atoms with Gasteiger partial charge < -0.3 is 9.84 Å². The van der Waals surface area contributed by atoms with Crippen molar-refractivity contribution in [3.63, 3.8) is 0 Å². The van der Waals surface area contributed by atoms with E-state index in [4.69, 9.17) is 4.74 Å². The summed E-state index contributed by atoms with van der Waals surface area (Å²) in [5, 5.41) is 10.4. The number of ether oxygens (including phenoxy) is 1. The second-order valence-electron chi connectivity index (χ2n) is 4.69. The predicted octanol–water partition coefficient (Wildman–Crippen LogP) is 2.11. The Morgan fingerprint density at radius 2 is 2.00 bits per heavy atom. The van der Waals surface area contributed by atoms with Gasteiger partial charge in [0.05, 0.1) is 11.7 Å². The van der Waals surface area contributed by atoms with Gasteiger partial charge in [-0.05, 0) is 38.0 Å². The third-order valence-electron chi connectivity index (χ3n) is 3.92. The summed E-state index contributed by atoms with van der Waals surface area (Å²) in [5.41, 5.74) is -0.378. The number of hydrogen-bond acceptors (Lipinski definition) is 2. The fraction of sp³-hybridized carbons (Fsp3) is 1.00. The van der Waals surface area contributed by atoms with Crippen molar-refractivity contribution in [3.05, 3.63) is 0 Å². The fourth-order valence-electron chi connectivity index (χ4n) is 2.75. The summed E-state index contributed by atoms with van der Waals surface area (Å²) >= 11 is 0. The van der Waals surface area contributed by atoms with Crippen LogP contribution in [0.4, 0.5) is 0 Å². The maximum Gasteiger partial charge on any atom is 0.0700 e. The van der Waals surface area contributed by atoms with Gasteiger partial charge >= 0.3 is 0 Å². The van der Waals surface area contributed by atoms with E-state index in [2.05, 4.69) is 0 Å². The van der Waals surface area contributed by atoms with Gasteiger partial charge in [-0.3, -0.25) is 0 Å². The summed E-state index contributed by atoms with van der Waals surface area (Å²) in [6, 6.07) is 0. The Bertz CT molecular complexity index is 177. The second-order valence-corrected chi connectivity index (χ2v) is 4.69. The van der Waals surface area contributed by atoms with E-state index in [9.17, 15) is 5.11 Å². The molecule has 2 fully saturated rings. The highest BCUT2D eigenvalue weighted by Gasteiger charge is 2.43. The van der Waals surface area contributed by atoms with Crippen LogP contribution in [0, 0.1) is 5.92 Å². The Hall–Kier alpha value is -0.0800. The van der Waals surface area contributed by atoms with Gasteiger partial charge in [-0.2, -0.15) is 0 Å². The summed E-state index contributed by atoms with van der Waals surface area (Å²) in [6.07, 6.45) is 8.20. The van der Waals surface area contributed by atoms with Crippen molar-refractivity contribution < 1.29 is 9.84 Å². The van der Waals surface area contributed by atoms with Crippen LogP contribution in [-0.2, 0) is 4.74 Å². The lowest BCUT2D eigenvalue weighted by atomic mass is 9.66. The summed E-state index contributed by atoms with van der Waals surface area (Å²) in [7, 11) is 1.76. The fourth-order valence-corrected chi connectivity index (χ4v) is 2.75. The average Bonchev–Trinajstić information content (AvgIpc) is 2.00. The molecule has 2 atom stereocenters. The average molecular weight is 184 g/mol. The molecule has 13 heavy (non-hydrogen) atoms. The van der Waals surface area contributed by atoms with Crippen LogP contribution in [0.15, 0.2) is 0 Å². The van der Waals surface area contributed by atoms with E-state index >= 15 is 0 Å². The van der Waals surface area contributed by atoms with Crippen molar-refractivity contribution in [2.24, 2.45) is 5.92 Å². The first-order chi connectivity index (χ1) is 6.24. The summed E-state index contributed by atoms with van der Waals surface area (Å²) in [6.45, 7) is 0.